The zero-order valence-corrected chi connectivity index (χ0v) is 21.5. The fraction of sp³-hybridized carbons (Fsp3) is 0.393. The van der Waals surface area contributed by atoms with Gasteiger partial charge in [-0.2, -0.15) is 13.2 Å². The van der Waals surface area contributed by atoms with Crippen LogP contribution in [0.4, 0.5) is 13.2 Å². The Labute approximate surface area is 223 Å². The molecule has 1 aliphatic carbocycles. The van der Waals surface area contributed by atoms with Crippen molar-refractivity contribution in [3.05, 3.63) is 71.2 Å². The van der Waals surface area contributed by atoms with Crippen LogP contribution in [-0.2, 0) is 23.9 Å². The van der Waals surface area contributed by atoms with E-state index in [-0.39, 0.29) is 17.2 Å². The van der Waals surface area contributed by atoms with E-state index in [2.05, 4.69) is 35.9 Å². The van der Waals surface area contributed by atoms with Crippen molar-refractivity contribution in [1.82, 2.24) is 34.7 Å². The lowest BCUT2D eigenvalue weighted by Crippen LogP contribution is -2.48. The highest BCUT2D eigenvalue weighted by Gasteiger charge is 2.36. The largest absolute Gasteiger partial charge is 0.433 e. The second-order valence-electron chi connectivity index (χ2n) is 10.3. The van der Waals surface area contributed by atoms with Gasteiger partial charge in [0.15, 0.2) is 5.69 Å². The van der Waals surface area contributed by atoms with Crippen LogP contribution < -0.4 is 0 Å². The third-order valence-electron chi connectivity index (χ3n) is 7.40. The Kier molecular flexibility index (Phi) is 6.54. The summed E-state index contributed by atoms with van der Waals surface area (Å²) in [5, 5.41) is 0. The molecule has 39 heavy (non-hydrogen) atoms. The molecular weight excluding hydrogens is 507 g/mol. The first-order valence-electron chi connectivity index (χ1n) is 13.1. The number of rotatable bonds is 6. The number of halogens is 3. The van der Waals surface area contributed by atoms with Crippen molar-refractivity contribution in [1.29, 1.82) is 0 Å². The van der Waals surface area contributed by atoms with Gasteiger partial charge in [0.2, 0.25) is 5.91 Å². The van der Waals surface area contributed by atoms with Crippen molar-refractivity contribution in [2.75, 3.05) is 26.2 Å². The summed E-state index contributed by atoms with van der Waals surface area (Å²) >= 11 is 0. The molecule has 1 saturated heterocycles. The average molecular weight is 536 g/mol. The van der Waals surface area contributed by atoms with E-state index in [1.54, 1.807) is 24.4 Å². The zero-order valence-electron chi connectivity index (χ0n) is 21.5. The van der Waals surface area contributed by atoms with Gasteiger partial charge >= 0.3 is 6.18 Å². The number of nitrogens with one attached hydrogen (secondary N) is 1. The minimum absolute atomic E-state index is 0.0129. The van der Waals surface area contributed by atoms with E-state index in [1.807, 2.05) is 11.0 Å². The highest BCUT2D eigenvalue weighted by Crippen LogP contribution is 2.34. The molecule has 0 atom stereocenters. The van der Waals surface area contributed by atoms with E-state index in [1.165, 1.54) is 6.92 Å². The van der Waals surface area contributed by atoms with Crippen LogP contribution >= 0.6 is 0 Å². The Bertz CT molecular complexity index is 1520. The number of amides is 1. The van der Waals surface area contributed by atoms with Crippen LogP contribution in [0.3, 0.4) is 0 Å². The lowest BCUT2D eigenvalue weighted by molar-refractivity contribution is -0.141. The summed E-state index contributed by atoms with van der Waals surface area (Å²) in [4.78, 5) is 36.7. The highest BCUT2D eigenvalue weighted by molar-refractivity contribution is 5.82. The lowest BCUT2D eigenvalue weighted by Gasteiger charge is -2.35. The first kappa shape index (κ1) is 25.4. The monoisotopic (exact) mass is 535 g/mol. The van der Waals surface area contributed by atoms with Gasteiger partial charge in [0.1, 0.15) is 12.2 Å². The van der Waals surface area contributed by atoms with Crippen molar-refractivity contribution in [3.8, 4) is 11.3 Å². The molecule has 1 aromatic carbocycles. The predicted molar refractivity (Wildman–Crippen MR) is 138 cm³/mol. The van der Waals surface area contributed by atoms with Crippen molar-refractivity contribution in [2.45, 2.75) is 38.9 Å². The molecule has 202 valence electrons. The first-order valence-corrected chi connectivity index (χ1v) is 13.1. The second-order valence-corrected chi connectivity index (χ2v) is 10.3. The number of carbonyl (C=O) groups excluding carboxylic acids is 1. The van der Waals surface area contributed by atoms with Gasteiger partial charge in [0, 0.05) is 68.1 Å². The zero-order chi connectivity index (χ0) is 27.1. The van der Waals surface area contributed by atoms with Crippen LogP contribution in [0, 0.1) is 12.8 Å². The molecule has 1 aliphatic heterocycles. The normalized spacial score (nSPS) is 16.7. The van der Waals surface area contributed by atoms with E-state index >= 15 is 0 Å². The summed E-state index contributed by atoms with van der Waals surface area (Å²) in [6.07, 6.45) is 0.768. The van der Waals surface area contributed by atoms with Gasteiger partial charge in [-0.3, -0.25) is 14.7 Å². The van der Waals surface area contributed by atoms with E-state index < -0.39 is 11.9 Å². The van der Waals surface area contributed by atoms with E-state index in [9.17, 15) is 18.0 Å². The van der Waals surface area contributed by atoms with Crippen molar-refractivity contribution < 1.29 is 18.0 Å². The topological polar surface area (TPSA) is 90.9 Å². The smallest absolute Gasteiger partial charge is 0.342 e. The standard InChI is InChI=1S/C28H28F3N7O/c1-17-25(33-16-34-26(17)28(29,30)31)20-4-5-22-23(13-20)36-24(35-22)14-21-12-18(6-7-32-21)15-37-8-10-38(11-9-37)27(39)19-2-3-19/h4-7,12-13,16,19H,2-3,8-11,14-15H2,1H3,(H,35,36). The molecule has 4 aromatic rings. The average Bonchev–Trinajstić information content (AvgIpc) is 3.68. The summed E-state index contributed by atoms with van der Waals surface area (Å²) in [6.45, 7) is 5.45. The third-order valence-corrected chi connectivity index (χ3v) is 7.40. The van der Waals surface area contributed by atoms with Crippen LogP contribution in [0.1, 0.15) is 41.2 Å². The van der Waals surface area contributed by atoms with Gasteiger partial charge in [0.25, 0.3) is 0 Å². The fourth-order valence-electron chi connectivity index (χ4n) is 5.19. The molecular formula is C28H28F3N7O. The molecule has 1 amide bonds. The van der Waals surface area contributed by atoms with Crippen LogP contribution in [0.25, 0.3) is 22.3 Å². The SMILES string of the molecule is Cc1c(-c2ccc3nc(Cc4cc(CN5CCN(C(=O)C6CC6)CC5)ccn4)[nH]c3c2)ncnc1C(F)(F)F. The number of aromatic amines is 1. The molecule has 0 bridgehead atoms. The number of H-pyrrole nitrogens is 1. The number of aromatic nitrogens is 5. The molecule has 3 aromatic heterocycles. The van der Waals surface area contributed by atoms with Crippen molar-refractivity contribution in [2.24, 2.45) is 5.92 Å². The Balaban J connectivity index is 1.14. The Morgan fingerprint density at radius 1 is 1.05 bits per heavy atom. The molecule has 6 rings (SSSR count). The maximum Gasteiger partial charge on any atom is 0.433 e. The highest BCUT2D eigenvalue weighted by atomic mass is 19.4. The summed E-state index contributed by atoms with van der Waals surface area (Å²) in [6, 6.07) is 9.34. The Hall–Kier alpha value is -3.86. The number of carbonyl (C=O) groups is 1. The number of fused-ring (bicyclic) bond motifs is 1. The van der Waals surface area contributed by atoms with Crippen LogP contribution in [0.2, 0.25) is 0 Å². The van der Waals surface area contributed by atoms with Gasteiger partial charge in [-0.05, 0) is 49.6 Å². The molecule has 4 heterocycles. The number of piperazine rings is 1. The number of benzene rings is 1. The molecule has 1 saturated carbocycles. The second kappa shape index (κ2) is 10.0. The number of imidazole rings is 1. The maximum absolute atomic E-state index is 13.3. The predicted octanol–water partition coefficient (Wildman–Crippen LogP) is 4.39. The number of alkyl halides is 3. The van der Waals surface area contributed by atoms with Crippen molar-refractivity contribution in [3.63, 3.8) is 0 Å². The van der Waals surface area contributed by atoms with Crippen LogP contribution in [-0.4, -0.2) is 66.8 Å². The number of nitrogens with zero attached hydrogens (tertiary/aromatic N) is 6. The lowest BCUT2D eigenvalue weighted by atomic mass is 10.0. The molecule has 0 spiro atoms. The third kappa shape index (κ3) is 5.49. The van der Waals surface area contributed by atoms with E-state index in [4.69, 9.17) is 0 Å². The fourth-order valence-corrected chi connectivity index (χ4v) is 5.19. The van der Waals surface area contributed by atoms with E-state index in [0.717, 1.165) is 69.0 Å². The summed E-state index contributed by atoms with van der Waals surface area (Å²) < 4.78 is 39.9. The van der Waals surface area contributed by atoms with E-state index in [0.29, 0.717) is 28.9 Å². The molecule has 11 heteroatoms. The summed E-state index contributed by atoms with van der Waals surface area (Å²) in [5.41, 5.74) is 3.30. The molecule has 2 aliphatic rings. The first-order chi connectivity index (χ1) is 18.7. The summed E-state index contributed by atoms with van der Waals surface area (Å²) in [7, 11) is 0. The quantitative estimate of drug-likeness (QED) is 0.394. The minimum Gasteiger partial charge on any atom is -0.342 e. The molecule has 2 fully saturated rings. The molecule has 0 radical (unpaired) electrons. The maximum atomic E-state index is 13.3. The Morgan fingerprint density at radius 2 is 1.85 bits per heavy atom. The number of hydrogen-bond donors (Lipinski definition) is 1. The van der Waals surface area contributed by atoms with Gasteiger partial charge in [-0.1, -0.05) is 6.07 Å². The van der Waals surface area contributed by atoms with Gasteiger partial charge in [-0.15, -0.1) is 0 Å². The molecule has 0 unspecified atom stereocenters. The van der Waals surface area contributed by atoms with Gasteiger partial charge < -0.3 is 9.88 Å². The van der Waals surface area contributed by atoms with Crippen LogP contribution in [0.5, 0.6) is 0 Å². The minimum atomic E-state index is -4.54. The van der Waals surface area contributed by atoms with Gasteiger partial charge in [0.05, 0.1) is 16.7 Å². The van der Waals surface area contributed by atoms with Gasteiger partial charge in [-0.25, -0.2) is 15.0 Å². The molecule has 1 N–H and O–H groups in total. The van der Waals surface area contributed by atoms with Crippen molar-refractivity contribution >= 4 is 16.9 Å². The number of hydrogen-bond acceptors (Lipinski definition) is 6. The summed E-state index contributed by atoms with van der Waals surface area (Å²) in [5.74, 6) is 1.30. The molecule has 8 nitrogen and oxygen atoms in total. The Morgan fingerprint density at radius 3 is 2.59 bits per heavy atom. The van der Waals surface area contributed by atoms with Crippen LogP contribution in [0.15, 0.2) is 42.9 Å². The number of pyridine rings is 1.